The fourth-order valence-electron chi connectivity index (χ4n) is 4.46. The SMILES string of the molecule is O=C(c1ccc(-c2cccs2)cc1)N1CC[C@H](N2CCc3ccccc3C2)C1. The van der Waals surface area contributed by atoms with Crippen molar-refractivity contribution in [3.63, 3.8) is 0 Å². The summed E-state index contributed by atoms with van der Waals surface area (Å²) in [5, 5.41) is 2.08. The van der Waals surface area contributed by atoms with Gasteiger partial charge in [0.25, 0.3) is 5.91 Å². The smallest absolute Gasteiger partial charge is 0.253 e. The molecular formula is C24H24N2OS. The minimum atomic E-state index is 0.164. The Labute approximate surface area is 170 Å². The maximum atomic E-state index is 13.0. The molecule has 142 valence electrons. The summed E-state index contributed by atoms with van der Waals surface area (Å²) in [5.41, 5.74) is 4.90. The predicted molar refractivity (Wildman–Crippen MR) is 115 cm³/mol. The number of benzene rings is 2. The number of hydrogen-bond donors (Lipinski definition) is 0. The van der Waals surface area contributed by atoms with Crippen LogP contribution in [-0.2, 0) is 13.0 Å². The lowest BCUT2D eigenvalue weighted by Gasteiger charge is -2.33. The van der Waals surface area contributed by atoms with E-state index < -0.39 is 0 Å². The number of carbonyl (C=O) groups excluding carboxylic acids is 1. The van der Waals surface area contributed by atoms with Gasteiger partial charge in [0, 0.05) is 42.7 Å². The zero-order valence-electron chi connectivity index (χ0n) is 15.9. The van der Waals surface area contributed by atoms with E-state index >= 15 is 0 Å². The first-order valence-electron chi connectivity index (χ1n) is 10.0. The average molecular weight is 389 g/mol. The van der Waals surface area contributed by atoms with Crippen LogP contribution in [0.4, 0.5) is 0 Å². The van der Waals surface area contributed by atoms with Crippen molar-refractivity contribution in [3.8, 4) is 10.4 Å². The molecule has 0 bridgehead atoms. The molecule has 2 aromatic carbocycles. The number of fused-ring (bicyclic) bond motifs is 1. The lowest BCUT2D eigenvalue weighted by Crippen LogP contribution is -2.41. The topological polar surface area (TPSA) is 23.6 Å². The first kappa shape index (κ1) is 17.7. The van der Waals surface area contributed by atoms with Gasteiger partial charge in [-0.25, -0.2) is 0 Å². The quantitative estimate of drug-likeness (QED) is 0.650. The van der Waals surface area contributed by atoms with Gasteiger partial charge < -0.3 is 4.90 Å². The molecule has 3 nitrogen and oxygen atoms in total. The van der Waals surface area contributed by atoms with Crippen molar-refractivity contribution in [2.75, 3.05) is 19.6 Å². The Morgan fingerprint density at radius 3 is 2.54 bits per heavy atom. The highest BCUT2D eigenvalue weighted by Crippen LogP contribution is 2.27. The third kappa shape index (κ3) is 3.38. The van der Waals surface area contributed by atoms with E-state index in [4.69, 9.17) is 0 Å². The Balaban J connectivity index is 1.24. The fraction of sp³-hybridized carbons (Fsp3) is 0.292. The Bertz CT molecular complexity index is 965. The molecule has 0 N–H and O–H groups in total. The predicted octanol–water partition coefficient (Wildman–Crippen LogP) is 4.69. The van der Waals surface area contributed by atoms with E-state index in [1.165, 1.54) is 21.6 Å². The van der Waals surface area contributed by atoms with E-state index in [1.807, 2.05) is 17.0 Å². The first-order valence-corrected chi connectivity index (χ1v) is 10.9. The second kappa shape index (κ2) is 7.53. The van der Waals surface area contributed by atoms with E-state index in [-0.39, 0.29) is 5.91 Å². The molecule has 1 saturated heterocycles. The standard InChI is InChI=1S/C24H24N2OS/c27-24(20-9-7-19(8-10-20)23-6-3-15-28-23)26-14-12-22(17-26)25-13-11-18-4-1-2-5-21(18)16-25/h1-10,15,22H,11-14,16-17H2/t22-/m0/s1. The number of likely N-dealkylation sites (tertiary alicyclic amines) is 1. The lowest BCUT2D eigenvalue weighted by molar-refractivity contribution is 0.0773. The molecular weight excluding hydrogens is 364 g/mol. The van der Waals surface area contributed by atoms with Crippen molar-refractivity contribution in [1.82, 2.24) is 9.80 Å². The van der Waals surface area contributed by atoms with Crippen molar-refractivity contribution in [1.29, 1.82) is 0 Å². The average Bonchev–Trinajstić information content (AvgIpc) is 3.45. The Morgan fingerprint density at radius 1 is 0.929 bits per heavy atom. The van der Waals surface area contributed by atoms with Crippen LogP contribution in [0.1, 0.15) is 27.9 Å². The first-order chi connectivity index (χ1) is 13.8. The highest BCUT2D eigenvalue weighted by molar-refractivity contribution is 7.13. The van der Waals surface area contributed by atoms with Crippen molar-refractivity contribution in [2.45, 2.75) is 25.4 Å². The number of amides is 1. The molecule has 0 radical (unpaired) electrons. The van der Waals surface area contributed by atoms with Gasteiger partial charge in [-0.15, -0.1) is 11.3 Å². The summed E-state index contributed by atoms with van der Waals surface area (Å²) in [7, 11) is 0. The van der Waals surface area contributed by atoms with E-state index in [2.05, 4.69) is 58.8 Å². The molecule has 2 aliphatic heterocycles. The van der Waals surface area contributed by atoms with Gasteiger partial charge >= 0.3 is 0 Å². The zero-order chi connectivity index (χ0) is 18.9. The van der Waals surface area contributed by atoms with Gasteiger partial charge in [-0.05, 0) is 53.1 Å². The maximum Gasteiger partial charge on any atom is 0.253 e. The number of nitrogens with zero attached hydrogens (tertiary/aromatic N) is 2. The van der Waals surface area contributed by atoms with Gasteiger partial charge in [0.05, 0.1) is 0 Å². The molecule has 28 heavy (non-hydrogen) atoms. The second-order valence-electron chi connectivity index (χ2n) is 7.74. The monoisotopic (exact) mass is 388 g/mol. The molecule has 4 heteroatoms. The summed E-state index contributed by atoms with van der Waals surface area (Å²) in [5.74, 6) is 0.164. The minimum Gasteiger partial charge on any atom is -0.337 e. The number of carbonyl (C=O) groups is 1. The van der Waals surface area contributed by atoms with Crippen LogP contribution in [-0.4, -0.2) is 41.4 Å². The second-order valence-corrected chi connectivity index (χ2v) is 8.69. The number of rotatable bonds is 3. The minimum absolute atomic E-state index is 0.164. The summed E-state index contributed by atoms with van der Waals surface area (Å²) >= 11 is 1.73. The van der Waals surface area contributed by atoms with Crippen LogP contribution in [0.5, 0.6) is 0 Å². The summed E-state index contributed by atoms with van der Waals surface area (Å²) in [4.78, 5) is 18.8. The molecule has 1 amide bonds. The van der Waals surface area contributed by atoms with Crippen LogP contribution in [0.2, 0.25) is 0 Å². The highest BCUT2D eigenvalue weighted by Gasteiger charge is 2.32. The normalized spacial score (nSPS) is 19.6. The third-order valence-corrected chi connectivity index (χ3v) is 6.98. The molecule has 3 heterocycles. The van der Waals surface area contributed by atoms with Crippen molar-refractivity contribution in [2.24, 2.45) is 0 Å². The molecule has 1 aromatic heterocycles. The van der Waals surface area contributed by atoms with E-state index in [1.54, 1.807) is 11.3 Å². The summed E-state index contributed by atoms with van der Waals surface area (Å²) in [6.07, 6.45) is 2.19. The van der Waals surface area contributed by atoms with E-state index in [0.717, 1.165) is 44.6 Å². The van der Waals surface area contributed by atoms with Gasteiger partial charge in [0.1, 0.15) is 0 Å². The third-order valence-electron chi connectivity index (χ3n) is 6.06. The van der Waals surface area contributed by atoms with Gasteiger partial charge in [0.15, 0.2) is 0 Å². The van der Waals surface area contributed by atoms with Crippen LogP contribution in [0.25, 0.3) is 10.4 Å². The lowest BCUT2D eigenvalue weighted by atomic mass is 9.98. The fourth-order valence-corrected chi connectivity index (χ4v) is 5.19. The van der Waals surface area contributed by atoms with E-state index in [9.17, 15) is 4.79 Å². The number of hydrogen-bond acceptors (Lipinski definition) is 3. The molecule has 3 aromatic rings. The molecule has 2 aliphatic rings. The molecule has 0 spiro atoms. The summed E-state index contributed by atoms with van der Waals surface area (Å²) < 4.78 is 0. The van der Waals surface area contributed by atoms with Crippen molar-refractivity contribution >= 4 is 17.2 Å². The molecule has 5 rings (SSSR count). The maximum absolute atomic E-state index is 13.0. The molecule has 0 unspecified atom stereocenters. The molecule has 1 fully saturated rings. The molecule has 0 aliphatic carbocycles. The van der Waals surface area contributed by atoms with Crippen molar-refractivity contribution in [3.05, 3.63) is 82.7 Å². The van der Waals surface area contributed by atoms with Crippen molar-refractivity contribution < 1.29 is 4.79 Å². The van der Waals surface area contributed by atoms with Crippen LogP contribution in [0.15, 0.2) is 66.0 Å². The van der Waals surface area contributed by atoms with E-state index in [0.29, 0.717) is 6.04 Å². The summed E-state index contributed by atoms with van der Waals surface area (Å²) in [6, 6.07) is 21.5. The summed E-state index contributed by atoms with van der Waals surface area (Å²) in [6.45, 7) is 3.81. The highest BCUT2D eigenvalue weighted by atomic mass is 32.1. The zero-order valence-corrected chi connectivity index (χ0v) is 16.7. The van der Waals surface area contributed by atoms with Crippen LogP contribution >= 0.6 is 11.3 Å². The largest absolute Gasteiger partial charge is 0.337 e. The van der Waals surface area contributed by atoms with Gasteiger partial charge in [-0.2, -0.15) is 0 Å². The van der Waals surface area contributed by atoms with Crippen LogP contribution < -0.4 is 0 Å². The Morgan fingerprint density at radius 2 is 1.75 bits per heavy atom. The van der Waals surface area contributed by atoms with Gasteiger partial charge in [0.2, 0.25) is 0 Å². The number of thiophene rings is 1. The van der Waals surface area contributed by atoms with Crippen LogP contribution in [0, 0.1) is 0 Å². The Hall–Kier alpha value is -2.43. The molecule has 0 saturated carbocycles. The Kier molecular flexibility index (Phi) is 4.75. The van der Waals surface area contributed by atoms with Gasteiger partial charge in [-0.3, -0.25) is 9.69 Å². The van der Waals surface area contributed by atoms with Gasteiger partial charge in [-0.1, -0.05) is 42.5 Å². The molecule has 1 atom stereocenters. The van der Waals surface area contributed by atoms with Crippen LogP contribution in [0.3, 0.4) is 0 Å².